The fraction of sp³-hybridized carbons (Fsp3) is 0.533. The SMILES string of the molecule is CCOc1ccc(CCNC(=O)C(CC)CN)cc1. The molecule has 0 spiro atoms. The zero-order chi connectivity index (χ0) is 14.1. The van der Waals surface area contributed by atoms with Gasteiger partial charge in [-0.2, -0.15) is 0 Å². The molecular formula is C15H24N2O2. The van der Waals surface area contributed by atoms with Crippen molar-refractivity contribution in [2.45, 2.75) is 26.7 Å². The van der Waals surface area contributed by atoms with Crippen molar-refractivity contribution in [3.8, 4) is 5.75 Å². The van der Waals surface area contributed by atoms with Gasteiger partial charge < -0.3 is 15.8 Å². The zero-order valence-corrected chi connectivity index (χ0v) is 11.8. The predicted octanol–water partition coefficient (Wildman–Crippen LogP) is 1.73. The van der Waals surface area contributed by atoms with Crippen LogP contribution < -0.4 is 15.8 Å². The first-order valence-electron chi connectivity index (χ1n) is 6.90. The Balaban J connectivity index is 2.34. The van der Waals surface area contributed by atoms with Crippen LogP contribution in [0.4, 0.5) is 0 Å². The molecule has 0 aliphatic heterocycles. The molecule has 4 heteroatoms. The average Bonchev–Trinajstić information content (AvgIpc) is 2.42. The lowest BCUT2D eigenvalue weighted by atomic mass is 10.1. The van der Waals surface area contributed by atoms with Gasteiger partial charge in [-0.1, -0.05) is 19.1 Å². The number of rotatable bonds is 8. The summed E-state index contributed by atoms with van der Waals surface area (Å²) in [5.41, 5.74) is 6.72. The molecule has 1 amide bonds. The van der Waals surface area contributed by atoms with Crippen molar-refractivity contribution in [3.63, 3.8) is 0 Å². The van der Waals surface area contributed by atoms with Gasteiger partial charge in [0.2, 0.25) is 5.91 Å². The molecule has 0 bridgehead atoms. The van der Waals surface area contributed by atoms with E-state index in [4.69, 9.17) is 10.5 Å². The van der Waals surface area contributed by atoms with Gasteiger partial charge in [-0.25, -0.2) is 0 Å². The second kappa shape index (κ2) is 8.53. The average molecular weight is 264 g/mol. The molecule has 1 unspecified atom stereocenters. The maximum atomic E-state index is 11.7. The topological polar surface area (TPSA) is 64.3 Å². The third-order valence-electron chi connectivity index (χ3n) is 3.10. The molecule has 0 radical (unpaired) electrons. The van der Waals surface area contributed by atoms with Crippen molar-refractivity contribution < 1.29 is 9.53 Å². The van der Waals surface area contributed by atoms with Crippen LogP contribution in [-0.2, 0) is 11.2 Å². The lowest BCUT2D eigenvalue weighted by Gasteiger charge is -2.12. The van der Waals surface area contributed by atoms with E-state index in [2.05, 4.69) is 5.32 Å². The number of amides is 1. The third kappa shape index (κ3) is 5.30. The Hall–Kier alpha value is -1.55. The van der Waals surface area contributed by atoms with E-state index >= 15 is 0 Å². The molecule has 3 N–H and O–H groups in total. The molecule has 19 heavy (non-hydrogen) atoms. The van der Waals surface area contributed by atoms with Gasteiger partial charge in [0.15, 0.2) is 0 Å². The Morgan fingerprint density at radius 2 is 2.00 bits per heavy atom. The number of hydrogen-bond acceptors (Lipinski definition) is 3. The van der Waals surface area contributed by atoms with Crippen LogP contribution in [0.15, 0.2) is 24.3 Å². The molecular weight excluding hydrogens is 240 g/mol. The molecule has 0 saturated carbocycles. The van der Waals surface area contributed by atoms with E-state index in [1.807, 2.05) is 38.1 Å². The van der Waals surface area contributed by atoms with E-state index in [0.717, 1.165) is 18.6 Å². The number of carbonyl (C=O) groups is 1. The van der Waals surface area contributed by atoms with Crippen LogP contribution >= 0.6 is 0 Å². The fourth-order valence-corrected chi connectivity index (χ4v) is 1.85. The van der Waals surface area contributed by atoms with Crippen LogP contribution in [-0.4, -0.2) is 25.6 Å². The highest BCUT2D eigenvalue weighted by Gasteiger charge is 2.13. The lowest BCUT2D eigenvalue weighted by Crippen LogP contribution is -2.35. The second-order valence-corrected chi connectivity index (χ2v) is 4.46. The lowest BCUT2D eigenvalue weighted by molar-refractivity contribution is -0.124. The van der Waals surface area contributed by atoms with E-state index in [1.54, 1.807) is 0 Å². The summed E-state index contributed by atoms with van der Waals surface area (Å²) in [4.78, 5) is 11.7. The van der Waals surface area contributed by atoms with Crippen molar-refractivity contribution in [1.82, 2.24) is 5.32 Å². The van der Waals surface area contributed by atoms with Gasteiger partial charge in [0.25, 0.3) is 0 Å². The quantitative estimate of drug-likeness (QED) is 0.751. The molecule has 1 aromatic rings. The second-order valence-electron chi connectivity index (χ2n) is 4.46. The van der Waals surface area contributed by atoms with Crippen LogP contribution in [0.2, 0.25) is 0 Å². The molecule has 1 aromatic carbocycles. The number of hydrogen-bond donors (Lipinski definition) is 2. The van der Waals surface area contributed by atoms with Crippen LogP contribution in [0.25, 0.3) is 0 Å². The molecule has 0 heterocycles. The van der Waals surface area contributed by atoms with E-state index in [1.165, 1.54) is 5.56 Å². The molecule has 4 nitrogen and oxygen atoms in total. The Morgan fingerprint density at radius 3 is 2.53 bits per heavy atom. The minimum Gasteiger partial charge on any atom is -0.494 e. The highest BCUT2D eigenvalue weighted by molar-refractivity contribution is 5.78. The van der Waals surface area contributed by atoms with Crippen LogP contribution in [0.5, 0.6) is 5.75 Å². The van der Waals surface area contributed by atoms with Gasteiger partial charge >= 0.3 is 0 Å². The summed E-state index contributed by atoms with van der Waals surface area (Å²) in [6, 6.07) is 7.96. The van der Waals surface area contributed by atoms with E-state index in [9.17, 15) is 4.79 Å². The van der Waals surface area contributed by atoms with Crippen molar-refractivity contribution >= 4 is 5.91 Å². The molecule has 1 atom stereocenters. The summed E-state index contributed by atoms with van der Waals surface area (Å²) >= 11 is 0. The summed E-state index contributed by atoms with van der Waals surface area (Å²) in [7, 11) is 0. The monoisotopic (exact) mass is 264 g/mol. The summed E-state index contributed by atoms with van der Waals surface area (Å²) in [5, 5.41) is 2.92. The highest BCUT2D eigenvalue weighted by atomic mass is 16.5. The van der Waals surface area contributed by atoms with Crippen molar-refractivity contribution in [2.24, 2.45) is 11.7 Å². The summed E-state index contributed by atoms with van der Waals surface area (Å²) in [6.07, 6.45) is 1.60. The normalized spacial score (nSPS) is 11.9. The Bertz CT molecular complexity index is 372. The minimum absolute atomic E-state index is 0.0518. The third-order valence-corrected chi connectivity index (χ3v) is 3.10. The largest absolute Gasteiger partial charge is 0.494 e. The molecule has 1 rings (SSSR count). The van der Waals surface area contributed by atoms with Gasteiger partial charge in [0.1, 0.15) is 5.75 Å². The van der Waals surface area contributed by atoms with Crippen molar-refractivity contribution in [1.29, 1.82) is 0 Å². The molecule has 0 fully saturated rings. The Labute approximate surface area is 115 Å². The van der Waals surface area contributed by atoms with E-state index in [0.29, 0.717) is 19.7 Å². The molecule has 0 aromatic heterocycles. The van der Waals surface area contributed by atoms with Crippen LogP contribution in [0, 0.1) is 5.92 Å². The minimum atomic E-state index is -0.0691. The summed E-state index contributed by atoms with van der Waals surface area (Å²) < 4.78 is 5.38. The first kappa shape index (κ1) is 15.5. The fourth-order valence-electron chi connectivity index (χ4n) is 1.85. The standard InChI is InChI=1S/C15H24N2O2/c1-3-13(11-16)15(18)17-10-9-12-5-7-14(8-6-12)19-4-2/h5-8,13H,3-4,9-11,16H2,1-2H3,(H,17,18). The zero-order valence-electron chi connectivity index (χ0n) is 11.8. The first-order valence-corrected chi connectivity index (χ1v) is 6.90. The van der Waals surface area contributed by atoms with Gasteiger partial charge in [0, 0.05) is 19.0 Å². The van der Waals surface area contributed by atoms with Gasteiger partial charge in [0.05, 0.1) is 6.61 Å². The van der Waals surface area contributed by atoms with Gasteiger partial charge in [-0.05, 0) is 37.5 Å². The van der Waals surface area contributed by atoms with Crippen molar-refractivity contribution in [3.05, 3.63) is 29.8 Å². The number of carbonyl (C=O) groups excluding carboxylic acids is 1. The number of nitrogens with two attached hydrogens (primary N) is 1. The maximum absolute atomic E-state index is 11.7. The smallest absolute Gasteiger partial charge is 0.224 e. The predicted molar refractivity (Wildman–Crippen MR) is 77.2 cm³/mol. The Kier molecular flexibility index (Phi) is 6.97. The molecule has 0 aliphatic rings. The number of ether oxygens (including phenoxy) is 1. The van der Waals surface area contributed by atoms with Crippen LogP contribution in [0.1, 0.15) is 25.8 Å². The molecule has 0 saturated heterocycles. The summed E-state index contributed by atoms with van der Waals surface area (Å²) in [6.45, 7) is 5.66. The molecule has 0 aliphatic carbocycles. The molecule has 106 valence electrons. The van der Waals surface area contributed by atoms with Gasteiger partial charge in [-0.3, -0.25) is 4.79 Å². The number of benzene rings is 1. The number of nitrogens with one attached hydrogen (secondary N) is 1. The van der Waals surface area contributed by atoms with E-state index in [-0.39, 0.29) is 11.8 Å². The Morgan fingerprint density at radius 1 is 1.32 bits per heavy atom. The van der Waals surface area contributed by atoms with Gasteiger partial charge in [-0.15, -0.1) is 0 Å². The van der Waals surface area contributed by atoms with Crippen LogP contribution in [0.3, 0.4) is 0 Å². The first-order chi connectivity index (χ1) is 9.21. The maximum Gasteiger partial charge on any atom is 0.224 e. The highest BCUT2D eigenvalue weighted by Crippen LogP contribution is 2.12. The van der Waals surface area contributed by atoms with Crippen molar-refractivity contribution in [2.75, 3.05) is 19.7 Å². The summed E-state index contributed by atoms with van der Waals surface area (Å²) in [5.74, 6) is 0.862. The van der Waals surface area contributed by atoms with E-state index < -0.39 is 0 Å².